The van der Waals surface area contributed by atoms with E-state index in [1.54, 1.807) is 7.11 Å². The molecular weight excluding hydrogens is 334 g/mol. The monoisotopic (exact) mass is 369 g/mol. The summed E-state index contributed by atoms with van der Waals surface area (Å²) in [6.45, 7) is 3.58. The van der Waals surface area contributed by atoms with E-state index in [1.807, 2.05) is 13.0 Å². The van der Waals surface area contributed by atoms with E-state index in [2.05, 4.69) is 5.32 Å². The SMILES string of the molecule is CCO[C@H]1OC(C(=O)NCCOC)=C[C@@H](C2CCCCC2)[C@@H]1CCCO. The molecule has 3 atom stereocenters. The summed E-state index contributed by atoms with van der Waals surface area (Å²) in [5.41, 5.74) is 0. The predicted octanol–water partition coefficient (Wildman–Crippen LogP) is 2.61. The van der Waals surface area contributed by atoms with E-state index in [0.717, 1.165) is 12.8 Å². The van der Waals surface area contributed by atoms with Gasteiger partial charge in [-0.15, -0.1) is 0 Å². The van der Waals surface area contributed by atoms with Crippen LogP contribution in [0.5, 0.6) is 0 Å². The van der Waals surface area contributed by atoms with Crippen LogP contribution < -0.4 is 5.32 Å². The first kappa shape index (κ1) is 21.2. The van der Waals surface area contributed by atoms with E-state index < -0.39 is 6.29 Å². The van der Waals surface area contributed by atoms with E-state index in [4.69, 9.17) is 14.2 Å². The highest BCUT2D eigenvalue weighted by atomic mass is 16.7. The summed E-state index contributed by atoms with van der Waals surface area (Å²) in [6.07, 6.45) is 9.34. The topological polar surface area (TPSA) is 77.0 Å². The number of ether oxygens (including phenoxy) is 3. The summed E-state index contributed by atoms with van der Waals surface area (Å²) in [5.74, 6) is 1.17. The van der Waals surface area contributed by atoms with Crippen molar-refractivity contribution in [1.82, 2.24) is 5.32 Å². The minimum atomic E-state index is -0.424. The molecule has 6 heteroatoms. The lowest BCUT2D eigenvalue weighted by atomic mass is 9.71. The van der Waals surface area contributed by atoms with E-state index in [0.29, 0.717) is 31.4 Å². The van der Waals surface area contributed by atoms with Gasteiger partial charge in [-0.05, 0) is 50.5 Å². The summed E-state index contributed by atoms with van der Waals surface area (Å²) in [7, 11) is 1.61. The Bertz CT molecular complexity index is 447. The number of carbonyl (C=O) groups is 1. The molecule has 0 aromatic heterocycles. The molecule has 1 aliphatic heterocycles. The van der Waals surface area contributed by atoms with Gasteiger partial charge < -0.3 is 24.6 Å². The first-order valence-corrected chi connectivity index (χ1v) is 10.1. The molecule has 2 aliphatic rings. The Labute approximate surface area is 157 Å². The number of rotatable bonds is 10. The van der Waals surface area contributed by atoms with Crippen molar-refractivity contribution in [1.29, 1.82) is 0 Å². The Hall–Kier alpha value is -1.11. The second-order valence-corrected chi connectivity index (χ2v) is 7.23. The van der Waals surface area contributed by atoms with Crippen molar-refractivity contribution < 1.29 is 24.1 Å². The molecule has 0 aromatic carbocycles. The molecule has 0 spiro atoms. The lowest BCUT2D eigenvalue weighted by molar-refractivity contribution is -0.177. The molecule has 1 saturated carbocycles. The number of amides is 1. The van der Waals surface area contributed by atoms with Gasteiger partial charge in [0.25, 0.3) is 5.91 Å². The van der Waals surface area contributed by atoms with Gasteiger partial charge in [0.1, 0.15) is 0 Å². The maximum atomic E-state index is 12.5. The van der Waals surface area contributed by atoms with Gasteiger partial charge in [-0.3, -0.25) is 4.79 Å². The first-order valence-electron chi connectivity index (χ1n) is 10.1. The van der Waals surface area contributed by atoms with Gasteiger partial charge in [0.2, 0.25) is 6.29 Å². The molecule has 2 N–H and O–H groups in total. The molecule has 0 saturated heterocycles. The van der Waals surface area contributed by atoms with Crippen molar-refractivity contribution in [3.63, 3.8) is 0 Å². The third-order valence-electron chi connectivity index (χ3n) is 5.47. The fourth-order valence-corrected chi connectivity index (χ4v) is 4.20. The average molecular weight is 370 g/mol. The Morgan fingerprint density at radius 3 is 2.77 bits per heavy atom. The fourth-order valence-electron chi connectivity index (χ4n) is 4.20. The van der Waals surface area contributed by atoms with E-state index in [-0.39, 0.29) is 24.3 Å². The van der Waals surface area contributed by atoms with Crippen LogP contribution in [-0.2, 0) is 19.0 Å². The van der Waals surface area contributed by atoms with Crippen LogP contribution in [-0.4, -0.2) is 50.8 Å². The third-order valence-corrected chi connectivity index (χ3v) is 5.47. The molecule has 0 bridgehead atoms. The molecule has 6 nitrogen and oxygen atoms in total. The van der Waals surface area contributed by atoms with Crippen molar-refractivity contribution >= 4 is 5.91 Å². The van der Waals surface area contributed by atoms with Gasteiger partial charge >= 0.3 is 0 Å². The van der Waals surface area contributed by atoms with Gasteiger partial charge in [0, 0.05) is 32.8 Å². The van der Waals surface area contributed by atoms with Crippen molar-refractivity contribution in [2.24, 2.45) is 17.8 Å². The van der Waals surface area contributed by atoms with E-state index in [9.17, 15) is 9.90 Å². The lowest BCUT2D eigenvalue weighted by Gasteiger charge is -2.41. The highest BCUT2D eigenvalue weighted by Gasteiger charge is 2.40. The maximum Gasteiger partial charge on any atom is 0.286 e. The molecule has 2 rings (SSSR count). The van der Waals surface area contributed by atoms with Crippen molar-refractivity contribution in [2.75, 3.05) is 33.5 Å². The number of nitrogens with one attached hydrogen (secondary N) is 1. The van der Waals surface area contributed by atoms with Crippen molar-refractivity contribution in [3.05, 3.63) is 11.8 Å². The van der Waals surface area contributed by atoms with Crippen LogP contribution in [0.1, 0.15) is 51.9 Å². The molecule has 150 valence electrons. The Balaban J connectivity index is 2.18. The summed E-state index contributed by atoms with van der Waals surface area (Å²) >= 11 is 0. The smallest absolute Gasteiger partial charge is 0.286 e. The molecule has 26 heavy (non-hydrogen) atoms. The number of aliphatic hydroxyl groups is 1. The third kappa shape index (κ3) is 5.96. The average Bonchev–Trinajstić information content (AvgIpc) is 2.67. The second kappa shape index (κ2) is 11.6. The number of methoxy groups -OCH3 is 1. The molecule has 0 aromatic rings. The molecule has 1 amide bonds. The summed E-state index contributed by atoms with van der Waals surface area (Å²) in [4.78, 5) is 12.5. The van der Waals surface area contributed by atoms with Gasteiger partial charge in [-0.25, -0.2) is 0 Å². The fraction of sp³-hybridized carbons (Fsp3) is 0.850. The minimum Gasteiger partial charge on any atom is -0.459 e. The normalized spacial score (nSPS) is 26.9. The first-order chi connectivity index (χ1) is 12.7. The lowest BCUT2D eigenvalue weighted by Crippen LogP contribution is -2.42. The van der Waals surface area contributed by atoms with Crippen LogP contribution in [0.25, 0.3) is 0 Å². The zero-order chi connectivity index (χ0) is 18.8. The summed E-state index contributed by atoms with van der Waals surface area (Å²) in [6, 6.07) is 0. The zero-order valence-corrected chi connectivity index (χ0v) is 16.2. The number of hydrogen-bond acceptors (Lipinski definition) is 5. The largest absolute Gasteiger partial charge is 0.459 e. The summed E-state index contributed by atoms with van der Waals surface area (Å²) in [5, 5.41) is 12.1. The second-order valence-electron chi connectivity index (χ2n) is 7.23. The van der Waals surface area contributed by atoms with Gasteiger partial charge in [-0.2, -0.15) is 0 Å². The minimum absolute atomic E-state index is 0.167. The van der Waals surface area contributed by atoms with Crippen LogP contribution in [0.4, 0.5) is 0 Å². The van der Waals surface area contributed by atoms with Gasteiger partial charge in [-0.1, -0.05) is 19.3 Å². The van der Waals surface area contributed by atoms with Crippen LogP contribution in [0.15, 0.2) is 11.8 Å². The molecular formula is C20H35NO5. The van der Waals surface area contributed by atoms with E-state index in [1.165, 1.54) is 32.1 Å². The standard InChI is InChI=1S/C20H35NO5/c1-3-25-20-16(10-7-12-22)17(15-8-5-4-6-9-15)14-18(26-20)19(23)21-11-13-24-2/h14-17,20,22H,3-13H2,1-2H3,(H,21,23)/t16-,17-,20-/m0/s1. The molecule has 0 unspecified atom stereocenters. The van der Waals surface area contributed by atoms with Crippen molar-refractivity contribution in [3.8, 4) is 0 Å². The number of carbonyl (C=O) groups excluding carboxylic acids is 1. The van der Waals surface area contributed by atoms with Crippen LogP contribution in [0.2, 0.25) is 0 Å². The zero-order valence-electron chi connectivity index (χ0n) is 16.2. The number of allylic oxidation sites excluding steroid dienone is 1. The number of aliphatic hydroxyl groups excluding tert-OH is 1. The summed E-state index contributed by atoms with van der Waals surface area (Å²) < 4.78 is 16.8. The van der Waals surface area contributed by atoms with Crippen LogP contribution in [0.3, 0.4) is 0 Å². The van der Waals surface area contributed by atoms with Crippen LogP contribution >= 0.6 is 0 Å². The Morgan fingerprint density at radius 1 is 1.35 bits per heavy atom. The Kier molecular flexibility index (Phi) is 9.43. The quantitative estimate of drug-likeness (QED) is 0.579. The molecule has 1 aliphatic carbocycles. The van der Waals surface area contributed by atoms with Gasteiger partial charge in [0.05, 0.1) is 6.61 Å². The van der Waals surface area contributed by atoms with Crippen molar-refractivity contribution in [2.45, 2.75) is 58.2 Å². The van der Waals surface area contributed by atoms with Crippen LogP contribution in [0, 0.1) is 17.8 Å². The van der Waals surface area contributed by atoms with E-state index >= 15 is 0 Å². The molecule has 0 radical (unpaired) electrons. The Morgan fingerprint density at radius 2 is 2.12 bits per heavy atom. The highest BCUT2D eigenvalue weighted by molar-refractivity contribution is 5.91. The molecule has 1 fully saturated rings. The maximum absolute atomic E-state index is 12.5. The highest BCUT2D eigenvalue weighted by Crippen LogP contribution is 2.42. The number of hydrogen-bond donors (Lipinski definition) is 2. The van der Waals surface area contributed by atoms with Gasteiger partial charge in [0.15, 0.2) is 5.76 Å². The predicted molar refractivity (Wildman–Crippen MR) is 99.3 cm³/mol. The molecule has 1 heterocycles.